The van der Waals surface area contributed by atoms with Crippen molar-refractivity contribution < 1.29 is 4.39 Å². The van der Waals surface area contributed by atoms with Gasteiger partial charge in [-0.3, -0.25) is 0 Å². The summed E-state index contributed by atoms with van der Waals surface area (Å²) >= 11 is 3.18. The molecule has 0 bridgehead atoms. The van der Waals surface area contributed by atoms with Gasteiger partial charge >= 0.3 is 0 Å². The van der Waals surface area contributed by atoms with Gasteiger partial charge in [-0.2, -0.15) is 4.39 Å². The Hall–Kier alpha value is -2.49. The largest absolute Gasteiger partial charge is 0.195 e. The highest BCUT2D eigenvalue weighted by Gasteiger charge is 2.28. The minimum Gasteiger partial charge on any atom is -0.195 e. The minimum absolute atomic E-state index is 0.104. The molecule has 0 nitrogen and oxygen atoms in total. The first kappa shape index (κ1) is 16.5. The molecule has 2 aromatic heterocycles. The van der Waals surface area contributed by atoms with Crippen LogP contribution in [0.4, 0.5) is 4.39 Å². The molecule has 2 heterocycles. The maximum atomic E-state index is 13.8. The highest BCUT2D eigenvalue weighted by atomic mass is 32.1. The van der Waals surface area contributed by atoms with Crippen molar-refractivity contribution in [2.75, 3.05) is 0 Å². The Morgan fingerprint density at radius 2 is 1.36 bits per heavy atom. The highest BCUT2D eigenvalue weighted by Crippen LogP contribution is 2.56. The fourth-order valence-electron chi connectivity index (χ4n) is 4.26. The van der Waals surface area contributed by atoms with Gasteiger partial charge in [0.15, 0.2) is 5.13 Å². The van der Waals surface area contributed by atoms with E-state index in [1.807, 2.05) is 11.3 Å². The number of halogens is 1. The smallest absolute Gasteiger partial charge is 0.177 e. The van der Waals surface area contributed by atoms with Crippen LogP contribution in [-0.4, -0.2) is 0 Å². The van der Waals surface area contributed by atoms with Crippen molar-refractivity contribution in [2.45, 2.75) is 19.8 Å². The van der Waals surface area contributed by atoms with Gasteiger partial charge in [-0.15, -0.1) is 22.7 Å². The molecule has 3 aromatic carbocycles. The predicted molar refractivity (Wildman–Crippen MR) is 120 cm³/mol. The number of hydrogen-bond donors (Lipinski definition) is 0. The zero-order valence-corrected chi connectivity index (χ0v) is 17.0. The maximum absolute atomic E-state index is 13.8. The van der Waals surface area contributed by atoms with E-state index in [1.165, 1.54) is 59.7 Å². The minimum atomic E-state index is -0.104. The monoisotopic (exact) mass is 400 g/mol. The van der Waals surface area contributed by atoms with E-state index in [9.17, 15) is 4.39 Å². The summed E-state index contributed by atoms with van der Waals surface area (Å²) in [6.07, 6.45) is 2.14. The second-order valence-electron chi connectivity index (χ2n) is 7.56. The standard InChI is InChI=1S/C25H17FS2/c1-14-2-4-15(5-3-14)6-9-18-12-16-7-10-19-22(24(16)27-18)20-11-8-17-13-21(26)28-25(17)23(19)20/h2-5,7-8,10-13H,6,9H2,1H3. The first-order valence-electron chi connectivity index (χ1n) is 9.51. The summed E-state index contributed by atoms with van der Waals surface area (Å²) in [4.78, 5) is 1.43. The Labute approximate surface area is 170 Å². The molecule has 0 atom stereocenters. The number of benzene rings is 3. The van der Waals surface area contributed by atoms with Crippen molar-refractivity contribution in [1.82, 2.24) is 0 Å². The van der Waals surface area contributed by atoms with Gasteiger partial charge in [-0.1, -0.05) is 54.1 Å². The molecular formula is C25H17FS2. The molecule has 0 saturated carbocycles. The van der Waals surface area contributed by atoms with Crippen molar-refractivity contribution in [3.05, 3.63) is 81.8 Å². The first-order chi connectivity index (χ1) is 13.7. The molecule has 5 aromatic rings. The molecule has 0 spiro atoms. The Balaban J connectivity index is 1.38. The maximum Gasteiger partial charge on any atom is 0.177 e. The summed E-state index contributed by atoms with van der Waals surface area (Å²) in [5.74, 6) is 0. The number of hydrogen-bond acceptors (Lipinski definition) is 2. The molecule has 3 heteroatoms. The van der Waals surface area contributed by atoms with Gasteiger partial charge in [0.05, 0.1) is 0 Å². The van der Waals surface area contributed by atoms with E-state index in [4.69, 9.17) is 0 Å². The predicted octanol–water partition coefficient (Wildman–Crippen LogP) is 8.00. The van der Waals surface area contributed by atoms with Gasteiger partial charge in [0.1, 0.15) is 0 Å². The third-order valence-electron chi connectivity index (χ3n) is 5.71. The summed E-state index contributed by atoms with van der Waals surface area (Å²) in [6.45, 7) is 2.13. The molecule has 0 unspecified atom stereocenters. The molecule has 0 radical (unpaired) electrons. The summed E-state index contributed by atoms with van der Waals surface area (Å²) in [5.41, 5.74) is 7.85. The molecule has 1 aliphatic rings. The first-order valence-corrected chi connectivity index (χ1v) is 11.1. The lowest BCUT2D eigenvalue weighted by Crippen LogP contribution is -1.98. The zero-order valence-electron chi connectivity index (χ0n) is 15.4. The van der Waals surface area contributed by atoms with E-state index in [0.29, 0.717) is 0 Å². The fourth-order valence-corrected chi connectivity index (χ4v) is 6.43. The van der Waals surface area contributed by atoms with E-state index in [1.54, 1.807) is 6.07 Å². The van der Waals surface area contributed by atoms with Crippen LogP contribution in [0.2, 0.25) is 0 Å². The van der Waals surface area contributed by atoms with E-state index in [-0.39, 0.29) is 5.13 Å². The Kier molecular flexibility index (Phi) is 3.53. The SMILES string of the molecule is Cc1ccc(CCc2cc3ccc4c(c3s2)-c2ccc3cc(F)sc3c2-4)cc1. The molecule has 136 valence electrons. The third-order valence-corrected chi connectivity index (χ3v) is 7.90. The van der Waals surface area contributed by atoms with Crippen LogP contribution in [0.3, 0.4) is 0 Å². The topological polar surface area (TPSA) is 0 Å². The van der Waals surface area contributed by atoms with Crippen LogP contribution in [0.5, 0.6) is 0 Å². The van der Waals surface area contributed by atoms with Gasteiger partial charge in [0.2, 0.25) is 0 Å². The van der Waals surface area contributed by atoms with Crippen LogP contribution in [0, 0.1) is 12.1 Å². The van der Waals surface area contributed by atoms with Crippen LogP contribution in [0.15, 0.2) is 60.7 Å². The van der Waals surface area contributed by atoms with Crippen LogP contribution in [0.25, 0.3) is 42.4 Å². The van der Waals surface area contributed by atoms with Gasteiger partial charge in [-0.05, 0) is 59.4 Å². The second-order valence-corrected chi connectivity index (χ2v) is 9.70. The van der Waals surface area contributed by atoms with Crippen LogP contribution >= 0.6 is 22.7 Å². The molecule has 0 fully saturated rings. The van der Waals surface area contributed by atoms with Gasteiger partial charge in [-0.25, -0.2) is 0 Å². The molecular weight excluding hydrogens is 383 g/mol. The highest BCUT2D eigenvalue weighted by molar-refractivity contribution is 7.20. The zero-order chi connectivity index (χ0) is 18.8. The van der Waals surface area contributed by atoms with E-state index >= 15 is 0 Å². The lowest BCUT2D eigenvalue weighted by Gasteiger charge is -2.25. The van der Waals surface area contributed by atoms with Crippen molar-refractivity contribution >= 4 is 42.8 Å². The van der Waals surface area contributed by atoms with Crippen molar-refractivity contribution in [1.29, 1.82) is 0 Å². The second kappa shape index (κ2) is 6.00. The summed E-state index contributed by atoms with van der Waals surface area (Å²) < 4.78 is 16.2. The quantitative estimate of drug-likeness (QED) is 0.282. The summed E-state index contributed by atoms with van der Waals surface area (Å²) in [6, 6.07) is 21.5. The van der Waals surface area contributed by atoms with Crippen LogP contribution in [0.1, 0.15) is 16.0 Å². The van der Waals surface area contributed by atoms with E-state index in [2.05, 4.69) is 61.5 Å². The van der Waals surface area contributed by atoms with Gasteiger partial charge in [0.25, 0.3) is 0 Å². The molecule has 0 saturated heterocycles. The van der Waals surface area contributed by atoms with E-state index in [0.717, 1.165) is 22.9 Å². The Morgan fingerprint density at radius 1 is 0.714 bits per heavy atom. The van der Waals surface area contributed by atoms with Crippen molar-refractivity contribution in [3.8, 4) is 22.3 Å². The number of rotatable bonds is 3. The normalized spacial score (nSPS) is 12.2. The van der Waals surface area contributed by atoms with Crippen molar-refractivity contribution in [2.24, 2.45) is 0 Å². The average Bonchev–Trinajstić information content (AvgIpc) is 3.24. The Morgan fingerprint density at radius 3 is 2.07 bits per heavy atom. The molecule has 28 heavy (non-hydrogen) atoms. The lowest BCUT2D eigenvalue weighted by atomic mass is 9.79. The van der Waals surface area contributed by atoms with Gasteiger partial charge in [0, 0.05) is 25.4 Å². The van der Waals surface area contributed by atoms with Crippen LogP contribution < -0.4 is 0 Å². The lowest BCUT2D eigenvalue weighted by molar-refractivity contribution is 0.658. The number of aryl methyl sites for hydroxylation is 3. The Bertz CT molecular complexity index is 1370. The average molecular weight is 401 g/mol. The number of fused-ring (bicyclic) bond motifs is 8. The molecule has 6 rings (SSSR count). The summed E-state index contributed by atoms with van der Waals surface area (Å²) in [7, 11) is 0. The molecule has 0 aliphatic heterocycles. The molecule has 0 amide bonds. The van der Waals surface area contributed by atoms with Crippen LogP contribution in [-0.2, 0) is 12.8 Å². The number of thiophene rings is 2. The molecule has 0 N–H and O–H groups in total. The third kappa shape index (κ3) is 2.40. The molecule has 1 aliphatic carbocycles. The van der Waals surface area contributed by atoms with E-state index < -0.39 is 0 Å². The van der Waals surface area contributed by atoms with Crippen molar-refractivity contribution in [3.63, 3.8) is 0 Å². The fraction of sp³-hybridized carbons (Fsp3) is 0.120. The van der Waals surface area contributed by atoms with Gasteiger partial charge < -0.3 is 0 Å². The summed E-state index contributed by atoms with van der Waals surface area (Å²) in [5, 5.41) is 2.23.